The van der Waals surface area contributed by atoms with Crippen LogP contribution in [0, 0.1) is 0 Å². The molecule has 8 nitrogen and oxygen atoms in total. The third kappa shape index (κ3) is 3.52. The molecule has 2 amide bonds. The molecule has 1 aromatic heterocycles. The second kappa shape index (κ2) is 7.71. The Morgan fingerprint density at radius 2 is 1.93 bits per heavy atom. The van der Waals surface area contributed by atoms with Crippen LogP contribution in [0.3, 0.4) is 0 Å². The smallest absolute Gasteiger partial charge is 0.278 e. The Labute approximate surface area is 164 Å². The number of amides is 2. The van der Waals surface area contributed by atoms with Gasteiger partial charge in [0, 0.05) is 32.0 Å². The highest BCUT2D eigenvalue weighted by molar-refractivity contribution is 6.06. The molecule has 3 heterocycles. The number of rotatable bonds is 4. The van der Waals surface area contributed by atoms with Gasteiger partial charge in [0.2, 0.25) is 5.91 Å². The van der Waals surface area contributed by atoms with Crippen LogP contribution in [0.1, 0.15) is 35.3 Å². The number of piperidine rings is 1. The number of carbonyl (C=O) groups excluding carboxylic acids is 2. The lowest BCUT2D eigenvalue weighted by Crippen LogP contribution is -2.40. The van der Waals surface area contributed by atoms with Crippen molar-refractivity contribution >= 4 is 23.2 Å². The van der Waals surface area contributed by atoms with Crippen molar-refractivity contribution in [1.29, 1.82) is 0 Å². The Hall–Kier alpha value is -2.74. The molecule has 1 saturated heterocycles. The Bertz CT molecular complexity index is 887. The summed E-state index contributed by atoms with van der Waals surface area (Å²) in [6.07, 6.45) is 5.86. The third-order valence-corrected chi connectivity index (χ3v) is 5.71. The van der Waals surface area contributed by atoms with Gasteiger partial charge in [-0.05, 0) is 50.0 Å². The molecule has 2 aromatic rings. The predicted octanol–water partition coefficient (Wildman–Crippen LogP) is 1.47. The molecular weight excluding hydrogens is 356 g/mol. The van der Waals surface area contributed by atoms with E-state index in [1.807, 2.05) is 18.2 Å². The maximum absolute atomic E-state index is 12.9. The highest BCUT2D eigenvalue weighted by atomic mass is 16.2. The van der Waals surface area contributed by atoms with E-state index in [2.05, 4.69) is 15.2 Å². The zero-order valence-corrected chi connectivity index (χ0v) is 16.5. The fraction of sp³-hybridized carbons (Fsp3) is 0.500. The molecule has 8 heteroatoms. The van der Waals surface area contributed by atoms with Crippen LogP contribution in [0.4, 0.5) is 11.4 Å². The van der Waals surface area contributed by atoms with Gasteiger partial charge in [-0.1, -0.05) is 17.7 Å². The lowest BCUT2D eigenvalue weighted by molar-refractivity contribution is -0.119. The van der Waals surface area contributed by atoms with Crippen LogP contribution in [0.25, 0.3) is 0 Å². The summed E-state index contributed by atoms with van der Waals surface area (Å²) in [4.78, 5) is 31.3. The predicted molar refractivity (Wildman–Crippen MR) is 107 cm³/mol. The summed E-state index contributed by atoms with van der Waals surface area (Å²) in [5, 5.41) is 7.65. The molecule has 0 bridgehead atoms. The molecule has 0 N–H and O–H groups in total. The minimum Gasteiger partial charge on any atom is -0.314 e. The molecular formula is C20H26N6O2. The van der Waals surface area contributed by atoms with Crippen molar-refractivity contribution in [3.63, 3.8) is 0 Å². The van der Waals surface area contributed by atoms with Gasteiger partial charge in [-0.3, -0.25) is 14.5 Å². The van der Waals surface area contributed by atoms with Crippen molar-refractivity contribution in [2.24, 2.45) is 7.05 Å². The maximum Gasteiger partial charge on any atom is 0.278 e. The van der Waals surface area contributed by atoms with Crippen molar-refractivity contribution in [2.45, 2.75) is 25.7 Å². The first kappa shape index (κ1) is 18.6. The highest BCUT2D eigenvalue weighted by Crippen LogP contribution is 2.33. The van der Waals surface area contributed by atoms with Gasteiger partial charge in [0.15, 0.2) is 0 Å². The minimum atomic E-state index is -0.120. The van der Waals surface area contributed by atoms with E-state index in [1.54, 1.807) is 23.9 Å². The third-order valence-electron chi connectivity index (χ3n) is 5.71. The molecule has 1 fully saturated rings. The zero-order valence-electron chi connectivity index (χ0n) is 16.5. The molecule has 2 aliphatic heterocycles. The second-order valence-electron chi connectivity index (χ2n) is 7.55. The minimum absolute atomic E-state index is 0.0774. The topological polar surface area (TPSA) is 74.6 Å². The number of hydrogen-bond acceptors (Lipinski definition) is 5. The SMILES string of the molecule is CN(C(=O)CN1CCCCC1)c1ccc2c(c1)N(C(=O)c1cnnn1C)CC2. The number of carbonyl (C=O) groups is 2. The lowest BCUT2D eigenvalue weighted by atomic mass is 10.1. The number of anilines is 2. The lowest BCUT2D eigenvalue weighted by Gasteiger charge is -2.28. The van der Waals surface area contributed by atoms with Gasteiger partial charge < -0.3 is 9.80 Å². The monoisotopic (exact) mass is 382 g/mol. The number of aromatic nitrogens is 3. The molecule has 0 unspecified atom stereocenters. The highest BCUT2D eigenvalue weighted by Gasteiger charge is 2.28. The molecule has 4 rings (SSSR count). The van der Waals surface area contributed by atoms with Gasteiger partial charge in [-0.15, -0.1) is 5.10 Å². The van der Waals surface area contributed by atoms with E-state index < -0.39 is 0 Å². The van der Waals surface area contributed by atoms with Crippen LogP contribution in [-0.2, 0) is 18.3 Å². The van der Waals surface area contributed by atoms with E-state index >= 15 is 0 Å². The largest absolute Gasteiger partial charge is 0.314 e. The number of aryl methyl sites for hydroxylation is 1. The Balaban J connectivity index is 1.52. The van der Waals surface area contributed by atoms with Gasteiger partial charge in [-0.25, -0.2) is 4.68 Å². The molecule has 148 valence electrons. The van der Waals surface area contributed by atoms with Crippen molar-refractivity contribution in [1.82, 2.24) is 19.9 Å². The van der Waals surface area contributed by atoms with Crippen molar-refractivity contribution in [3.8, 4) is 0 Å². The Kier molecular flexibility index (Phi) is 5.13. The molecule has 28 heavy (non-hydrogen) atoms. The normalized spacial score (nSPS) is 16.9. The Morgan fingerprint density at radius 3 is 2.64 bits per heavy atom. The van der Waals surface area contributed by atoms with E-state index in [4.69, 9.17) is 0 Å². The van der Waals surface area contributed by atoms with Gasteiger partial charge in [0.05, 0.1) is 12.7 Å². The average molecular weight is 382 g/mol. The van der Waals surface area contributed by atoms with E-state index in [9.17, 15) is 9.59 Å². The van der Waals surface area contributed by atoms with Crippen LogP contribution in [-0.4, -0.2) is 64.9 Å². The van der Waals surface area contributed by atoms with Crippen LogP contribution in [0.5, 0.6) is 0 Å². The first-order chi connectivity index (χ1) is 13.5. The quantitative estimate of drug-likeness (QED) is 0.801. The van der Waals surface area contributed by atoms with Gasteiger partial charge in [0.25, 0.3) is 5.91 Å². The van der Waals surface area contributed by atoms with Crippen LogP contribution >= 0.6 is 0 Å². The van der Waals surface area contributed by atoms with Crippen LogP contribution in [0.2, 0.25) is 0 Å². The summed E-state index contributed by atoms with van der Waals surface area (Å²) >= 11 is 0. The zero-order chi connectivity index (χ0) is 19.7. The molecule has 1 aromatic carbocycles. The van der Waals surface area contributed by atoms with Gasteiger partial charge in [-0.2, -0.15) is 0 Å². The summed E-state index contributed by atoms with van der Waals surface area (Å²) in [5.41, 5.74) is 3.24. The van der Waals surface area contributed by atoms with E-state index in [0.717, 1.165) is 49.3 Å². The summed E-state index contributed by atoms with van der Waals surface area (Å²) < 4.78 is 1.48. The Morgan fingerprint density at radius 1 is 1.14 bits per heavy atom. The summed E-state index contributed by atoms with van der Waals surface area (Å²) in [6.45, 7) is 3.04. The van der Waals surface area contributed by atoms with E-state index in [0.29, 0.717) is 18.8 Å². The summed E-state index contributed by atoms with van der Waals surface area (Å²) in [7, 11) is 3.51. The van der Waals surface area contributed by atoms with Gasteiger partial charge in [0.1, 0.15) is 5.69 Å². The van der Waals surface area contributed by atoms with E-state index in [-0.39, 0.29) is 11.8 Å². The molecule has 0 radical (unpaired) electrons. The number of nitrogens with zero attached hydrogens (tertiary/aromatic N) is 6. The summed E-state index contributed by atoms with van der Waals surface area (Å²) in [6, 6.07) is 5.93. The molecule has 0 spiro atoms. The summed E-state index contributed by atoms with van der Waals surface area (Å²) in [5.74, 6) is -0.0424. The van der Waals surface area contributed by atoms with Crippen molar-refractivity contribution in [2.75, 3.05) is 43.0 Å². The number of likely N-dealkylation sites (N-methyl/N-ethyl adjacent to an activating group) is 1. The molecule has 2 aliphatic rings. The van der Waals surface area contributed by atoms with E-state index in [1.165, 1.54) is 17.3 Å². The standard InChI is InChI=1S/C20H26N6O2/c1-23(19(27)14-25-9-4-3-5-10-25)16-7-6-15-8-11-26(17(15)12-16)20(28)18-13-21-22-24(18)2/h6-7,12-13H,3-5,8-11,14H2,1-2H3. The van der Waals surface area contributed by atoms with Gasteiger partial charge >= 0.3 is 0 Å². The number of benzene rings is 1. The molecule has 0 saturated carbocycles. The first-order valence-electron chi connectivity index (χ1n) is 9.83. The molecule has 0 aliphatic carbocycles. The van der Waals surface area contributed by atoms with Crippen molar-refractivity contribution in [3.05, 3.63) is 35.7 Å². The maximum atomic E-state index is 12.9. The number of hydrogen-bond donors (Lipinski definition) is 0. The number of likely N-dealkylation sites (tertiary alicyclic amines) is 1. The van der Waals surface area contributed by atoms with Crippen LogP contribution in [0.15, 0.2) is 24.4 Å². The average Bonchev–Trinajstić information content (AvgIpc) is 3.33. The second-order valence-corrected chi connectivity index (χ2v) is 7.55. The fourth-order valence-electron chi connectivity index (χ4n) is 3.97. The first-order valence-corrected chi connectivity index (χ1v) is 9.83. The van der Waals surface area contributed by atoms with Crippen LogP contribution < -0.4 is 9.80 Å². The number of fused-ring (bicyclic) bond motifs is 1. The molecule has 0 atom stereocenters. The van der Waals surface area contributed by atoms with Crippen molar-refractivity contribution < 1.29 is 9.59 Å². The fourth-order valence-corrected chi connectivity index (χ4v) is 3.97.